The molecule has 0 fully saturated rings. The van der Waals surface area contributed by atoms with Crippen molar-refractivity contribution in [3.63, 3.8) is 0 Å². The number of thiophene rings is 1. The van der Waals surface area contributed by atoms with Crippen LogP contribution in [0, 0.1) is 5.92 Å². The van der Waals surface area contributed by atoms with Crippen LogP contribution in [0.25, 0.3) is 16.0 Å². The number of anilines is 1. The summed E-state index contributed by atoms with van der Waals surface area (Å²) in [6, 6.07) is 9.74. The molecule has 0 atom stereocenters. The maximum atomic E-state index is 12.9. The lowest BCUT2D eigenvalue weighted by Gasteiger charge is -2.11. The largest absolute Gasteiger partial charge is 0.325 e. The number of rotatable bonds is 7. The lowest BCUT2D eigenvalue weighted by atomic mass is 10.1. The molecule has 0 aliphatic heterocycles. The molecule has 1 aromatic carbocycles. The fraction of sp³-hybridized carbons (Fsp3) is 0.333. The normalized spacial score (nSPS) is 11.6. The smallest absolute Gasteiger partial charge is 0.272 e. The van der Waals surface area contributed by atoms with Gasteiger partial charge >= 0.3 is 0 Å². The maximum Gasteiger partial charge on any atom is 0.272 e. The molecule has 0 spiro atoms. The first-order chi connectivity index (χ1) is 14.5. The Labute approximate surface area is 182 Å². The maximum absolute atomic E-state index is 12.9. The van der Waals surface area contributed by atoms with Gasteiger partial charge in [0.25, 0.3) is 5.56 Å². The molecule has 0 saturated heterocycles. The minimum Gasteiger partial charge on any atom is -0.325 e. The molecule has 30 heavy (non-hydrogen) atoms. The topological polar surface area (TPSA) is 81.3 Å². The van der Waals surface area contributed by atoms with Crippen molar-refractivity contribution in [2.24, 2.45) is 5.92 Å². The first kappa shape index (κ1) is 20.6. The molecule has 1 N–H and O–H groups in total. The number of hydrogen-bond acceptors (Lipinski definition) is 6. The monoisotopic (exact) mass is 441 g/mol. The Kier molecular flexibility index (Phi) is 5.92. The molecule has 0 bridgehead atoms. The SMILES string of the molecule is CCc1ccc(NC(=O)CSc2nnc3n(CC(C)C)c(=O)c4sccc4n23)cc1. The number of nitrogens with zero attached hydrogens (tertiary/aromatic N) is 4. The van der Waals surface area contributed by atoms with Gasteiger partial charge in [0, 0.05) is 12.2 Å². The van der Waals surface area contributed by atoms with E-state index in [0.29, 0.717) is 28.1 Å². The van der Waals surface area contributed by atoms with E-state index in [1.54, 1.807) is 4.57 Å². The van der Waals surface area contributed by atoms with Gasteiger partial charge < -0.3 is 5.32 Å². The van der Waals surface area contributed by atoms with E-state index >= 15 is 0 Å². The second-order valence-electron chi connectivity index (χ2n) is 7.45. The number of aryl methyl sites for hydroxylation is 1. The molecule has 4 rings (SSSR count). The zero-order valence-electron chi connectivity index (χ0n) is 17.1. The van der Waals surface area contributed by atoms with Crippen LogP contribution >= 0.6 is 23.1 Å². The molecular formula is C21H23N5O2S2. The number of carbonyl (C=O) groups is 1. The molecule has 9 heteroatoms. The molecule has 4 aromatic rings. The Hall–Kier alpha value is -2.65. The van der Waals surface area contributed by atoms with Crippen molar-refractivity contribution in [3.8, 4) is 0 Å². The van der Waals surface area contributed by atoms with Gasteiger partial charge in [0.1, 0.15) is 4.70 Å². The van der Waals surface area contributed by atoms with Crippen LogP contribution in [0.3, 0.4) is 0 Å². The van der Waals surface area contributed by atoms with E-state index in [1.165, 1.54) is 28.7 Å². The highest BCUT2D eigenvalue weighted by atomic mass is 32.2. The van der Waals surface area contributed by atoms with E-state index < -0.39 is 0 Å². The van der Waals surface area contributed by atoms with Crippen molar-refractivity contribution in [1.82, 2.24) is 19.2 Å². The average molecular weight is 442 g/mol. The number of carbonyl (C=O) groups excluding carboxylic acids is 1. The Morgan fingerprint density at radius 1 is 1.20 bits per heavy atom. The van der Waals surface area contributed by atoms with E-state index in [1.807, 2.05) is 40.1 Å². The Morgan fingerprint density at radius 2 is 1.97 bits per heavy atom. The van der Waals surface area contributed by atoms with Crippen molar-refractivity contribution >= 4 is 50.7 Å². The van der Waals surface area contributed by atoms with Gasteiger partial charge in [-0.05, 0) is 41.5 Å². The summed E-state index contributed by atoms with van der Waals surface area (Å²) in [7, 11) is 0. The van der Waals surface area contributed by atoms with Crippen molar-refractivity contribution in [2.75, 3.05) is 11.1 Å². The second-order valence-corrected chi connectivity index (χ2v) is 9.31. The molecule has 156 valence electrons. The molecule has 7 nitrogen and oxygen atoms in total. The highest BCUT2D eigenvalue weighted by molar-refractivity contribution is 7.99. The molecule has 3 heterocycles. The van der Waals surface area contributed by atoms with Crippen LogP contribution in [0.2, 0.25) is 0 Å². The van der Waals surface area contributed by atoms with Crippen molar-refractivity contribution in [2.45, 2.75) is 38.9 Å². The molecular weight excluding hydrogens is 418 g/mol. The lowest BCUT2D eigenvalue weighted by molar-refractivity contribution is -0.113. The molecule has 3 aromatic heterocycles. The summed E-state index contributed by atoms with van der Waals surface area (Å²) in [5.74, 6) is 0.892. The van der Waals surface area contributed by atoms with Gasteiger partial charge in [-0.25, -0.2) is 0 Å². The van der Waals surface area contributed by atoms with Gasteiger partial charge in [0.2, 0.25) is 11.7 Å². The van der Waals surface area contributed by atoms with Crippen LogP contribution in [0.4, 0.5) is 5.69 Å². The highest BCUT2D eigenvalue weighted by Crippen LogP contribution is 2.25. The van der Waals surface area contributed by atoms with Crippen LogP contribution in [-0.4, -0.2) is 30.8 Å². The third-order valence-electron chi connectivity index (χ3n) is 4.71. The summed E-state index contributed by atoms with van der Waals surface area (Å²) >= 11 is 2.72. The predicted octanol–water partition coefficient (Wildman–Crippen LogP) is 4.05. The fourth-order valence-electron chi connectivity index (χ4n) is 3.27. The highest BCUT2D eigenvalue weighted by Gasteiger charge is 2.19. The molecule has 0 radical (unpaired) electrons. The molecule has 1 amide bonds. The van der Waals surface area contributed by atoms with E-state index in [0.717, 1.165) is 17.6 Å². The minimum absolute atomic E-state index is 0.0431. The number of fused-ring (bicyclic) bond motifs is 3. The number of hydrogen-bond donors (Lipinski definition) is 1. The minimum atomic E-state index is -0.113. The molecule has 0 unspecified atom stereocenters. The summed E-state index contributed by atoms with van der Waals surface area (Å²) < 4.78 is 4.23. The fourth-order valence-corrected chi connectivity index (χ4v) is 4.84. The Morgan fingerprint density at radius 3 is 2.67 bits per heavy atom. The van der Waals surface area contributed by atoms with Gasteiger partial charge in [-0.2, -0.15) is 0 Å². The first-order valence-corrected chi connectivity index (χ1v) is 11.7. The van der Waals surface area contributed by atoms with Gasteiger partial charge in [-0.1, -0.05) is 44.7 Å². The third-order valence-corrected chi connectivity index (χ3v) is 6.53. The number of aromatic nitrogens is 4. The van der Waals surface area contributed by atoms with Gasteiger partial charge in [-0.15, -0.1) is 21.5 Å². The van der Waals surface area contributed by atoms with Crippen LogP contribution in [-0.2, 0) is 17.8 Å². The lowest BCUT2D eigenvalue weighted by Crippen LogP contribution is -2.24. The number of thioether (sulfide) groups is 1. The van der Waals surface area contributed by atoms with E-state index in [-0.39, 0.29) is 17.2 Å². The number of nitrogens with one attached hydrogen (secondary N) is 1. The first-order valence-electron chi connectivity index (χ1n) is 9.84. The van der Waals surface area contributed by atoms with Gasteiger partial charge in [0.15, 0.2) is 5.16 Å². The number of benzene rings is 1. The standard InChI is InChI=1S/C21H23N5O2S2/c1-4-14-5-7-15(8-6-14)22-17(27)12-30-21-24-23-20-25(11-13(2)3)19(28)18-16(26(20)21)9-10-29-18/h5-10,13H,4,11-12H2,1-3H3,(H,22,27). The van der Waals surface area contributed by atoms with Crippen LogP contribution in [0.1, 0.15) is 26.3 Å². The zero-order chi connectivity index (χ0) is 21.3. The zero-order valence-corrected chi connectivity index (χ0v) is 18.7. The number of amides is 1. The van der Waals surface area contributed by atoms with E-state index in [2.05, 4.69) is 36.3 Å². The van der Waals surface area contributed by atoms with Crippen molar-refractivity contribution in [3.05, 3.63) is 51.6 Å². The molecule has 0 aliphatic rings. The van der Waals surface area contributed by atoms with Crippen LogP contribution < -0.4 is 10.9 Å². The van der Waals surface area contributed by atoms with E-state index in [9.17, 15) is 9.59 Å². The summed E-state index contributed by atoms with van der Waals surface area (Å²) in [6.45, 7) is 6.78. The van der Waals surface area contributed by atoms with Gasteiger partial charge in [0.05, 0.1) is 11.3 Å². The Bertz CT molecular complexity index is 1250. The summed E-state index contributed by atoms with van der Waals surface area (Å²) in [5, 5.41) is 14.0. The molecule has 0 saturated carbocycles. The molecule has 0 aliphatic carbocycles. The second kappa shape index (κ2) is 8.61. The summed E-state index contributed by atoms with van der Waals surface area (Å²) in [5.41, 5.74) is 2.74. The van der Waals surface area contributed by atoms with Crippen molar-refractivity contribution < 1.29 is 4.79 Å². The Balaban J connectivity index is 1.59. The van der Waals surface area contributed by atoms with Gasteiger partial charge in [-0.3, -0.25) is 18.6 Å². The summed E-state index contributed by atoms with van der Waals surface area (Å²) in [4.78, 5) is 25.3. The average Bonchev–Trinajstić information content (AvgIpc) is 3.37. The predicted molar refractivity (Wildman–Crippen MR) is 123 cm³/mol. The quantitative estimate of drug-likeness (QED) is 0.438. The third kappa shape index (κ3) is 3.99. The summed E-state index contributed by atoms with van der Waals surface area (Å²) in [6.07, 6.45) is 0.961. The van der Waals surface area contributed by atoms with E-state index in [4.69, 9.17) is 0 Å². The van der Waals surface area contributed by atoms with Crippen molar-refractivity contribution in [1.29, 1.82) is 0 Å². The van der Waals surface area contributed by atoms with Crippen LogP contribution in [0.15, 0.2) is 45.7 Å². The van der Waals surface area contributed by atoms with Crippen LogP contribution in [0.5, 0.6) is 0 Å².